The summed E-state index contributed by atoms with van der Waals surface area (Å²) in [7, 11) is -2.95. The minimum Gasteiger partial charge on any atom is -0.302 e. The van der Waals surface area contributed by atoms with Crippen molar-refractivity contribution in [2.24, 2.45) is 0 Å². The smallest absolute Gasteiger partial charge is 0.191 e. The van der Waals surface area contributed by atoms with E-state index in [1.165, 1.54) is 0 Å². The van der Waals surface area contributed by atoms with Gasteiger partial charge >= 0.3 is 0 Å². The van der Waals surface area contributed by atoms with E-state index in [2.05, 4.69) is 16.8 Å². The summed E-state index contributed by atoms with van der Waals surface area (Å²) in [6.45, 7) is 4.35. The summed E-state index contributed by atoms with van der Waals surface area (Å²) >= 11 is 7.48. The lowest BCUT2D eigenvalue weighted by Crippen LogP contribution is -2.11. The van der Waals surface area contributed by atoms with Crippen molar-refractivity contribution in [3.8, 4) is 0 Å². The molecule has 1 aromatic carbocycles. The van der Waals surface area contributed by atoms with Gasteiger partial charge in [0.1, 0.15) is 5.82 Å². The molecular weight excluding hydrogens is 366 g/mol. The van der Waals surface area contributed by atoms with Crippen LogP contribution in [0.4, 0.5) is 0 Å². The predicted molar refractivity (Wildman–Crippen MR) is 97.2 cm³/mol. The first-order valence-corrected chi connectivity index (χ1v) is 10.8. The highest BCUT2D eigenvalue weighted by molar-refractivity contribution is 7.98. The Hall–Kier alpha value is -1.31. The van der Waals surface area contributed by atoms with Crippen LogP contribution in [0.2, 0.25) is 5.02 Å². The van der Waals surface area contributed by atoms with Crippen LogP contribution < -0.4 is 0 Å². The zero-order chi connectivity index (χ0) is 17.2. The summed E-state index contributed by atoms with van der Waals surface area (Å²) < 4.78 is 25.4. The molecule has 0 spiro atoms. The number of sulfone groups is 1. The fourth-order valence-electron chi connectivity index (χ4n) is 2.74. The van der Waals surface area contributed by atoms with Gasteiger partial charge in [0.05, 0.1) is 11.5 Å². The molecule has 1 fully saturated rings. The minimum atomic E-state index is -2.95. The van der Waals surface area contributed by atoms with Gasteiger partial charge in [-0.1, -0.05) is 41.6 Å². The number of benzene rings is 1. The Morgan fingerprint density at radius 1 is 1.33 bits per heavy atom. The van der Waals surface area contributed by atoms with Gasteiger partial charge in [-0.15, -0.1) is 16.8 Å². The Bertz CT molecular complexity index is 832. The Balaban J connectivity index is 1.78. The number of hydrogen-bond donors (Lipinski definition) is 0. The molecule has 128 valence electrons. The molecule has 1 aromatic heterocycles. The minimum absolute atomic E-state index is 0.0765. The van der Waals surface area contributed by atoms with Gasteiger partial charge in [0.25, 0.3) is 0 Å². The first-order chi connectivity index (χ1) is 11.5. The van der Waals surface area contributed by atoms with Crippen LogP contribution in [0.15, 0.2) is 42.1 Å². The van der Waals surface area contributed by atoms with Crippen LogP contribution in [-0.4, -0.2) is 34.7 Å². The van der Waals surface area contributed by atoms with E-state index in [0.29, 0.717) is 18.0 Å². The second kappa shape index (κ2) is 7.29. The van der Waals surface area contributed by atoms with Gasteiger partial charge in [-0.25, -0.2) is 8.42 Å². The summed E-state index contributed by atoms with van der Waals surface area (Å²) in [6, 6.07) is 7.68. The van der Waals surface area contributed by atoms with E-state index in [1.807, 2.05) is 28.8 Å². The third-order valence-electron chi connectivity index (χ3n) is 3.94. The van der Waals surface area contributed by atoms with Crippen molar-refractivity contribution in [1.29, 1.82) is 0 Å². The van der Waals surface area contributed by atoms with Crippen molar-refractivity contribution in [2.75, 3.05) is 11.5 Å². The molecule has 0 N–H and O–H groups in total. The molecule has 8 heteroatoms. The number of thioether (sulfide) groups is 1. The second-order valence-electron chi connectivity index (χ2n) is 5.76. The Labute approximate surface area is 151 Å². The van der Waals surface area contributed by atoms with Gasteiger partial charge in [-0.2, -0.15) is 0 Å². The molecule has 24 heavy (non-hydrogen) atoms. The van der Waals surface area contributed by atoms with Gasteiger partial charge in [-0.05, 0) is 24.1 Å². The van der Waals surface area contributed by atoms with Crippen molar-refractivity contribution in [3.63, 3.8) is 0 Å². The molecule has 1 saturated heterocycles. The third-order valence-corrected chi connectivity index (χ3v) is 6.99. The van der Waals surface area contributed by atoms with Crippen LogP contribution in [0.3, 0.4) is 0 Å². The molecular formula is C16H18ClN3O2S2. The summed E-state index contributed by atoms with van der Waals surface area (Å²) in [6.07, 6.45) is 2.39. The van der Waals surface area contributed by atoms with Crippen LogP contribution in [0.1, 0.15) is 23.7 Å². The van der Waals surface area contributed by atoms with Crippen molar-refractivity contribution in [1.82, 2.24) is 14.8 Å². The maximum absolute atomic E-state index is 11.7. The summed E-state index contributed by atoms with van der Waals surface area (Å²) in [4.78, 5) is 0. The molecule has 1 aliphatic rings. The number of allylic oxidation sites excluding steroid dienone is 1. The molecule has 0 amide bonds. The van der Waals surface area contributed by atoms with Crippen LogP contribution in [-0.2, 0) is 22.1 Å². The lowest BCUT2D eigenvalue weighted by Gasteiger charge is -2.11. The van der Waals surface area contributed by atoms with E-state index < -0.39 is 9.84 Å². The fraction of sp³-hybridized carbons (Fsp3) is 0.375. The number of aromatic nitrogens is 3. The monoisotopic (exact) mass is 383 g/mol. The second-order valence-corrected chi connectivity index (χ2v) is 9.36. The zero-order valence-corrected chi connectivity index (χ0v) is 15.4. The molecule has 0 bridgehead atoms. The first kappa shape index (κ1) is 17.5. The quantitative estimate of drug-likeness (QED) is 0.565. The Morgan fingerprint density at radius 3 is 2.71 bits per heavy atom. The molecule has 3 rings (SSSR count). The average Bonchev–Trinajstić information content (AvgIpc) is 3.10. The highest BCUT2D eigenvalue weighted by atomic mass is 35.5. The fourth-order valence-corrected chi connectivity index (χ4v) is 5.51. The van der Waals surface area contributed by atoms with Crippen LogP contribution in [0.25, 0.3) is 0 Å². The molecule has 0 aliphatic carbocycles. The lowest BCUT2D eigenvalue weighted by atomic mass is 10.1. The van der Waals surface area contributed by atoms with Gasteiger partial charge in [0, 0.05) is 23.2 Å². The highest BCUT2D eigenvalue weighted by Gasteiger charge is 2.33. The topological polar surface area (TPSA) is 64.8 Å². The van der Waals surface area contributed by atoms with Crippen molar-refractivity contribution in [3.05, 3.63) is 53.3 Å². The highest BCUT2D eigenvalue weighted by Crippen LogP contribution is 2.31. The average molecular weight is 384 g/mol. The van der Waals surface area contributed by atoms with Crippen LogP contribution in [0.5, 0.6) is 0 Å². The number of halogens is 1. The maximum Gasteiger partial charge on any atom is 0.191 e. The number of hydrogen-bond acceptors (Lipinski definition) is 5. The van der Waals surface area contributed by atoms with Crippen molar-refractivity contribution in [2.45, 2.75) is 29.8 Å². The number of nitrogens with zero attached hydrogens (tertiary/aromatic N) is 3. The maximum atomic E-state index is 11.7. The van der Waals surface area contributed by atoms with Gasteiger partial charge < -0.3 is 4.57 Å². The van der Waals surface area contributed by atoms with Crippen LogP contribution >= 0.6 is 23.4 Å². The molecule has 1 aliphatic heterocycles. The molecule has 2 heterocycles. The Morgan fingerprint density at radius 2 is 2.08 bits per heavy atom. The molecule has 1 atom stereocenters. The standard InChI is InChI=1S/C16H18ClN3O2S2/c1-2-8-20-15(13-7-9-24(21,22)11-13)18-19-16(20)23-10-12-3-5-14(17)6-4-12/h2-6,13H,1,7-11H2. The van der Waals surface area contributed by atoms with E-state index in [1.54, 1.807) is 17.8 Å². The predicted octanol–water partition coefficient (Wildman–Crippen LogP) is 3.31. The normalized spacial score (nSPS) is 19.5. The summed E-state index contributed by atoms with van der Waals surface area (Å²) in [5.74, 6) is 1.80. The van der Waals surface area contributed by atoms with E-state index in [4.69, 9.17) is 11.6 Å². The Kier molecular flexibility index (Phi) is 5.32. The molecule has 2 aromatic rings. The third kappa shape index (κ3) is 4.02. The molecule has 1 unspecified atom stereocenters. The van der Waals surface area contributed by atoms with Gasteiger partial charge in [0.2, 0.25) is 0 Å². The molecule has 0 saturated carbocycles. The van der Waals surface area contributed by atoms with E-state index in [-0.39, 0.29) is 17.4 Å². The van der Waals surface area contributed by atoms with Crippen molar-refractivity contribution < 1.29 is 8.42 Å². The van der Waals surface area contributed by atoms with Crippen LogP contribution in [0, 0.1) is 0 Å². The molecule has 5 nitrogen and oxygen atoms in total. The van der Waals surface area contributed by atoms with E-state index in [9.17, 15) is 8.42 Å². The van der Waals surface area contributed by atoms with E-state index >= 15 is 0 Å². The van der Waals surface area contributed by atoms with Gasteiger partial charge in [-0.3, -0.25) is 0 Å². The van der Waals surface area contributed by atoms with Gasteiger partial charge in [0.15, 0.2) is 15.0 Å². The first-order valence-electron chi connectivity index (χ1n) is 7.60. The summed E-state index contributed by atoms with van der Waals surface area (Å²) in [5, 5.41) is 10.0. The zero-order valence-electron chi connectivity index (χ0n) is 13.1. The number of rotatable bonds is 6. The largest absolute Gasteiger partial charge is 0.302 e. The van der Waals surface area contributed by atoms with E-state index in [0.717, 1.165) is 22.3 Å². The van der Waals surface area contributed by atoms with Crippen molar-refractivity contribution >= 4 is 33.2 Å². The lowest BCUT2D eigenvalue weighted by molar-refractivity contribution is 0.597. The molecule has 0 radical (unpaired) electrons. The SMILES string of the molecule is C=CCn1c(SCc2ccc(Cl)cc2)nnc1C1CCS(=O)(=O)C1. The summed E-state index contributed by atoms with van der Waals surface area (Å²) in [5.41, 5.74) is 1.14.